The van der Waals surface area contributed by atoms with E-state index in [1.54, 1.807) is 55.5 Å². The van der Waals surface area contributed by atoms with Gasteiger partial charge in [0.05, 0.1) is 26.7 Å². The van der Waals surface area contributed by atoms with E-state index in [4.69, 9.17) is 5.73 Å². The molecular formula is C16H14N2O2S. The number of aryl methyl sites for hydroxylation is 1. The van der Waals surface area contributed by atoms with Gasteiger partial charge in [-0.1, -0.05) is 30.3 Å². The molecule has 0 aliphatic carbocycles. The maximum absolute atomic E-state index is 12.7. The second kappa shape index (κ2) is 4.86. The minimum Gasteiger partial charge on any atom is -0.397 e. The van der Waals surface area contributed by atoms with Gasteiger partial charge < -0.3 is 5.73 Å². The molecule has 0 aliphatic heterocycles. The van der Waals surface area contributed by atoms with Crippen molar-refractivity contribution in [1.82, 2.24) is 4.98 Å². The van der Waals surface area contributed by atoms with Gasteiger partial charge in [-0.25, -0.2) is 13.4 Å². The molecule has 0 spiro atoms. The lowest BCUT2D eigenvalue weighted by molar-refractivity contribution is 0.595. The van der Waals surface area contributed by atoms with E-state index < -0.39 is 9.84 Å². The van der Waals surface area contributed by atoms with Crippen LogP contribution < -0.4 is 5.73 Å². The van der Waals surface area contributed by atoms with Crippen LogP contribution in [0.25, 0.3) is 10.9 Å². The highest BCUT2D eigenvalue weighted by molar-refractivity contribution is 7.91. The van der Waals surface area contributed by atoms with Crippen LogP contribution in [0, 0.1) is 6.92 Å². The second-order valence-corrected chi connectivity index (χ2v) is 6.73. The van der Waals surface area contributed by atoms with Gasteiger partial charge in [-0.2, -0.15) is 0 Å². The number of pyridine rings is 1. The van der Waals surface area contributed by atoms with Gasteiger partial charge in [-0.3, -0.25) is 0 Å². The van der Waals surface area contributed by atoms with Gasteiger partial charge in [0.15, 0.2) is 0 Å². The molecule has 0 bridgehead atoms. The summed E-state index contributed by atoms with van der Waals surface area (Å²) in [4.78, 5) is 4.84. The van der Waals surface area contributed by atoms with Crippen LogP contribution in [0.3, 0.4) is 0 Å². The lowest BCUT2D eigenvalue weighted by atomic mass is 10.2. The van der Waals surface area contributed by atoms with E-state index in [-0.39, 0.29) is 9.79 Å². The zero-order chi connectivity index (χ0) is 15.0. The van der Waals surface area contributed by atoms with Gasteiger partial charge in [0, 0.05) is 5.39 Å². The molecule has 3 rings (SSSR count). The van der Waals surface area contributed by atoms with Gasteiger partial charge in [0.1, 0.15) is 0 Å². The van der Waals surface area contributed by atoms with Crippen LogP contribution in [0.15, 0.2) is 64.4 Å². The highest BCUT2D eigenvalue weighted by Crippen LogP contribution is 2.28. The number of hydrogen-bond donors (Lipinski definition) is 1. The lowest BCUT2D eigenvalue weighted by Gasteiger charge is -2.10. The molecule has 3 aromatic rings. The molecule has 21 heavy (non-hydrogen) atoms. The Kier molecular flexibility index (Phi) is 3.14. The fourth-order valence-corrected chi connectivity index (χ4v) is 3.78. The quantitative estimate of drug-likeness (QED) is 0.738. The van der Waals surface area contributed by atoms with Crippen molar-refractivity contribution in [3.8, 4) is 0 Å². The zero-order valence-electron chi connectivity index (χ0n) is 11.4. The van der Waals surface area contributed by atoms with Crippen LogP contribution in [0.5, 0.6) is 0 Å². The van der Waals surface area contributed by atoms with Crippen LogP contribution in [0.1, 0.15) is 5.69 Å². The Morgan fingerprint density at radius 2 is 1.71 bits per heavy atom. The Bertz CT molecular complexity index is 920. The number of anilines is 1. The fourth-order valence-electron chi connectivity index (χ4n) is 2.29. The topological polar surface area (TPSA) is 73.0 Å². The number of fused-ring (bicyclic) bond motifs is 1. The van der Waals surface area contributed by atoms with Crippen molar-refractivity contribution in [1.29, 1.82) is 0 Å². The highest BCUT2D eigenvalue weighted by atomic mass is 32.2. The van der Waals surface area contributed by atoms with Crippen molar-refractivity contribution in [3.05, 3.63) is 60.3 Å². The average molecular weight is 298 g/mol. The minimum atomic E-state index is -3.58. The average Bonchev–Trinajstić information content (AvgIpc) is 2.48. The Labute approximate surface area is 123 Å². The number of nitrogens with two attached hydrogens (primary N) is 1. The number of aromatic nitrogens is 1. The number of nitrogens with zero attached hydrogens (tertiary/aromatic N) is 1. The van der Waals surface area contributed by atoms with Crippen molar-refractivity contribution in [2.24, 2.45) is 0 Å². The summed E-state index contributed by atoms with van der Waals surface area (Å²) in [5, 5.41) is 0.718. The summed E-state index contributed by atoms with van der Waals surface area (Å²) in [6.07, 6.45) is 0. The molecule has 0 unspecified atom stereocenters. The first-order valence-corrected chi connectivity index (χ1v) is 7.94. The lowest BCUT2D eigenvalue weighted by Crippen LogP contribution is -2.06. The molecule has 0 atom stereocenters. The first kappa shape index (κ1) is 13.6. The summed E-state index contributed by atoms with van der Waals surface area (Å²) < 4.78 is 25.4. The van der Waals surface area contributed by atoms with Gasteiger partial charge in [0.2, 0.25) is 9.84 Å². The number of nitrogen functional groups attached to an aromatic ring is 1. The molecule has 2 aromatic carbocycles. The van der Waals surface area contributed by atoms with E-state index in [1.807, 2.05) is 6.07 Å². The highest BCUT2D eigenvalue weighted by Gasteiger charge is 2.21. The van der Waals surface area contributed by atoms with Crippen LogP contribution >= 0.6 is 0 Å². The van der Waals surface area contributed by atoms with Gasteiger partial charge in [0.25, 0.3) is 0 Å². The molecule has 0 saturated heterocycles. The number of benzene rings is 2. The summed E-state index contributed by atoms with van der Waals surface area (Å²) >= 11 is 0. The molecule has 0 radical (unpaired) electrons. The maximum Gasteiger partial charge on any atom is 0.208 e. The minimum absolute atomic E-state index is 0.215. The summed E-state index contributed by atoms with van der Waals surface area (Å²) in [5.41, 5.74) is 7.50. The van der Waals surface area contributed by atoms with Gasteiger partial charge >= 0.3 is 0 Å². The van der Waals surface area contributed by atoms with Crippen molar-refractivity contribution in [3.63, 3.8) is 0 Å². The summed E-state index contributed by atoms with van der Waals surface area (Å²) in [6, 6.07) is 15.3. The molecule has 1 heterocycles. The van der Waals surface area contributed by atoms with E-state index in [9.17, 15) is 8.42 Å². The molecule has 4 nitrogen and oxygen atoms in total. The van der Waals surface area contributed by atoms with Crippen molar-refractivity contribution < 1.29 is 8.42 Å². The Balaban J connectivity index is 2.29. The molecule has 5 heteroatoms. The summed E-state index contributed by atoms with van der Waals surface area (Å²) in [6.45, 7) is 1.68. The van der Waals surface area contributed by atoms with Crippen LogP contribution in [-0.4, -0.2) is 13.4 Å². The number of sulfone groups is 1. The van der Waals surface area contributed by atoms with Crippen LogP contribution in [0.2, 0.25) is 0 Å². The summed E-state index contributed by atoms with van der Waals surface area (Å²) in [5.74, 6) is 0. The molecule has 0 saturated carbocycles. The molecule has 2 N–H and O–H groups in total. The van der Waals surface area contributed by atoms with Crippen molar-refractivity contribution in [2.45, 2.75) is 16.7 Å². The largest absolute Gasteiger partial charge is 0.397 e. The van der Waals surface area contributed by atoms with Gasteiger partial charge in [-0.05, 0) is 31.2 Å². The van der Waals surface area contributed by atoms with Crippen LogP contribution in [-0.2, 0) is 9.84 Å². The maximum atomic E-state index is 12.7. The smallest absolute Gasteiger partial charge is 0.208 e. The monoisotopic (exact) mass is 298 g/mol. The molecule has 0 aliphatic rings. The molecule has 0 amide bonds. The normalized spacial score (nSPS) is 11.7. The first-order valence-electron chi connectivity index (χ1n) is 6.46. The van der Waals surface area contributed by atoms with Crippen LogP contribution in [0.4, 0.5) is 5.69 Å². The second-order valence-electron chi connectivity index (χ2n) is 4.81. The third-order valence-electron chi connectivity index (χ3n) is 3.36. The Hall–Kier alpha value is -2.40. The summed E-state index contributed by atoms with van der Waals surface area (Å²) in [7, 11) is -3.58. The predicted octanol–water partition coefficient (Wildman–Crippen LogP) is 2.96. The van der Waals surface area contributed by atoms with E-state index >= 15 is 0 Å². The van der Waals surface area contributed by atoms with Crippen molar-refractivity contribution >= 4 is 26.4 Å². The predicted molar refractivity (Wildman–Crippen MR) is 82.8 cm³/mol. The molecule has 1 aromatic heterocycles. The van der Waals surface area contributed by atoms with E-state index in [0.717, 1.165) is 5.39 Å². The van der Waals surface area contributed by atoms with Gasteiger partial charge in [-0.15, -0.1) is 0 Å². The number of para-hydroxylation sites is 1. The third-order valence-corrected chi connectivity index (χ3v) is 5.25. The Morgan fingerprint density at radius 1 is 1.00 bits per heavy atom. The third kappa shape index (κ3) is 2.25. The number of hydrogen-bond acceptors (Lipinski definition) is 4. The van der Waals surface area contributed by atoms with E-state index in [0.29, 0.717) is 16.9 Å². The zero-order valence-corrected chi connectivity index (χ0v) is 12.3. The Morgan fingerprint density at radius 3 is 2.43 bits per heavy atom. The van der Waals surface area contributed by atoms with Crippen molar-refractivity contribution in [2.75, 3.05) is 5.73 Å². The fraction of sp³-hybridized carbons (Fsp3) is 0.0625. The number of rotatable bonds is 2. The van der Waals surface area contributed by atoms with E-state index in [2.05, 4.69) is 4.98 Å². The molecule has 0 fully saturated rings. The standard InChI is InChI=1S/C16H14N2O2S/c1-11-15(21(19,20)13-7-3-2-4-8-13)10-12-6-5-9-14(17)16(12)18-11/h2-10H,17H2,1H3. The molecular weight excluding hydrogens is 284 g/mol. The van der Waals surface area contributed by atoms with E-state index in [1.165, 1.54) is 0 Å². The molecule has 106 valence electrons. The SMILES string of the molecule is Cc1nc2c(N)cccc2cc1S(=O)(=O)c1ccccc1. The first-order chi connectivity index (χ1) is 10.00.